The van der Waals surface area contributed by atoms with Gasteiger partial charge in [-0.25, -0.2) is 0 Å². The third kappa shape index (κ3) is 3.31. The number of rotatable bonds is 3. The molecule has 0 spiro atoms. The lowest BCUT2D eigenvalue weighted by atomic mass is 10.0. The maximum Gasteiger partial charge on any atom is 0.0917 e. The van der Waals surface area contributed by atoms with Crippen molar-refractivity contribution in [2.75, 3.05) is 19.6 Å². The fraction of sp³-hybridized carbons (Fsp3) is 0.600. The molecule has 1 unspecified atom stereocenters. The van der Waals surface area contributed by atoms with Crippen molar-refractivity contribution in [1.29, 1.82) is 0 Å². The standard InChI is InChI=1S/C15H23NO2/c1-11-3-4-13(9-12(11)2)15(18)10-16-7-5-14(17)6-8-16/h3-4,9,14-15,17-18H,5-8,10H2,1-2H3. The second-order valence-corrected chi connectivity index (χ2v) is 5.39. The summed E-state index contributed by atoms with van der Waals surface area (Å²) in [4.78, 5) is 2.23. The third-order valence-corrected chi connectivity index (χ3v) is 3.90. The van der Waals surface area contributed by atoms with Gasteiger partial charge in [0.2, 0.25) is 0 Å². The number of hydrogen-bond donors (Lipinski definition) is 2. The van der Waals surface area contributed by atoms with Crippen molar-refractivity contribution >= 4 is 0 Å². The van der Waals surface area contributed by atoms with Crippen LogP contribution < -0.4 is 0 Å². The highest BCUT2D eigenvalue weighted by Gasteiger charge is 2.20. The van der Waals surface area contributed by atoms with Crippen LogP contribution in [0.5, 0.6) is 0 Å². The van der Waals surface area contributed by atoms with Gasteiger partial charge in [0.1, 0.15) is 0 Å². The van der Waals surface area contributed by atoms with Gasteiger partial charge in [0.15, 0.2) is 0 Å². The van der Waals surface area contributed by atoms with Crippen molar-refractivity contribution in [3.05, 3.63) is 34.9 Å². The number of β-amino-alcohol motifs (C(OH)–C–C–N with tert-alkyl or cyclic N) is 1. The van der Waals surface area contributed by atoms with Gasteiger partial charge in [-0.15, -0.1) is 0 Å². The molecule has 3 heteroatoms. The minimum absolute atomic E-state index is 0.153. The first kappa shape index (κ1) is 13.5. The molecule has 1 aromatic rings. The van der Waals surface area contributed by atoms with Crippen LogP contribution >= 0.6 is 0 Å². The summed E-state index contributed by atoms with van der Waals surface area (Å²) < 4.78 is 0. The molecule has 1 aliphatic rings. The molecule has 2 N–H and O–H groups in total. The van der Waals surface area contributed by atoms with Crippen LogP contribution in [0.3, 0.4) is 0 Å². The molecule has 0 amide bonds. The Balaban J connectivity index is 1.94. The van der Waals surface area contributed by atoms with E-state index >= 15 is 0 Å². The zero-order valence-corrected chi connectivity index (χ0v) is 11.3. The van der Waals surface area contributed by atoms with Gasteiger partial charge in [0.05, 0.1) is 12.2 Å². The molecule has 1 aliphatic heterocycles. The lowest BCUT2D eigenvalue weighted by Gasteiger charge is -2.31. The average Bonchev–Trinajstić information content (AvgIpc) is 2.35. The summed E-state index contributed by atoms with van der Waals surface area (Å²) in [5.41, 5.74) is 3.47. The van der Waals surface area contributed by atoms with E-state index in [0.29, 0.717) is 6.54 Å². The molecule has 0 bridgehead atoms. The van der Waals surface area contributed by atoms with E-state index in [0.717, 1.165) is 31.5 Å². The van der Waals surface area contributed by atoms with Gasteiger partial charge < -0.3 is 15.1 Å². The molecule has 0 aromatic heterocycles. The molecule has 1 heterocycles. The second-order valence-electron chi connectivity index (χ2n) is 5.39. The largest absolute Gasteiger partial charge is 0.393 e. The Bertz CT molecular complexity index is 397. The van der Waals surface area contributed by atoms with Crippen LogP contribution in [-0.4, -0.2) is 40.9 Å². The maximum absolute atomic E-state index is 10.2. The quantitative estimate of drug-likeness (QED) is 0.858. The van der Waals surface area contributed by atoms with Gasteiger partial charge in [-0.2, -0.15) is 0 Å². The van der Waals surface area contributed by atoms with E-state index in [4.69, 9.17) is 0 Å². The third-order valence-electron chi connectivity index (χ3n) is 3.90. The lowest BCUT2D eigenvalue weighted by molar-refractivity contribution is 0.0508. The molecule has 2 rings (SSSR count). The first-order valence-electron chi connectivity index (χ1n) is 6.72. The molecule has 0 aliphatic carbocycles. The molecular weight excluding hydrogens is 226 g/mol. The average molecular weight is 249 g/mol. The Morgan fingerprint density at radius 3 is 2.50 bits per heavy atom. The fourth-order valence-electron chi connectivity index (χ4n) is 2.42. The van der Waals surface area contributed by atoms with Gasteiger partial charge >= 0.3 is 0 Å². The summed E-state index contributed by atoms with van der Waals surface area (Å²) in [7, 11) is 0. The van der Waals surface area contributed by atoms with E-state index < -0.39 is 6.10 Å². The molecule has 1 fully saturated rings. The summed E-state index contributed by atoms with van der Waals surface area (Å²) in [5.74, 6) is 0. The molecule has 1 atom stereocenters. The normalized spacial score (nSPS) is 20.0. The fourth-order valence-corrected chi connectivity index (χ4v) is 2.42. The van der Waals surface area contributed by atoms with Crippen LogP contribution in [0.2, 0.25) is 0 Å². The minimum Gasteiger partial charge on any atom is -0.393 e. The Morgan fingerprint density at radius 1 is 1.22 bits per heavy atom. The molecule has 1 saturated heterocycles. The number of nitrogens with zero attached hydrogens (tertiary/aromatic N) is 1. The Kier molecular flexibility index (Phi) is 4.38. The Labute approximate surface area is 109 Å². The summed E-state index contributed by atoms with van der Waals surface area (Å²) in [5, 5.41) is 19.7. The van der Waals surface area contributed by atoms with Crippen LogP contribution in [0.4, 0.5) is 0 Å². The maximum atomic E-state index is 10.2. The van der Waals surface area contributed by atoms with Crippen molar-refractivity contribution in [1.82, 2.24) is 4.90 Å². The number of benzene rings is 1. The predicted molar refractivity (Wildman–Crippen MR) is 72.6 cm³/mol. The SMILES string of the molecule is Cc1ccc(C(O)CN2CCC(O)CC2)cc1C. The first-order chi connectivity index (χ1) is 8.56. The van der Waals surface area contributed by atoms with E-state index in [-0.39, 0.29) is 6.10 Å². The van der Waals surface area contributed by atoms with Gasteiger partial charge in [0.25, 0.3) is 0 Å². The number of aryl methyl sites for hydroxylation is 2. The number of piperidine rings is 1. The highest BCUT2D eigenvalue weighted by Crippen LogP contribution is 2.20. The van der Waals surface area contributed by atoms with Crippen LogP contribution in [0, 0.1) is 13.8 Å². The first-order valence-corrected chi connectivity index (χ1v) is 6.72. The van der Waals surface area contributed by atoms with E-state index in [9.17, 15) is 10.2 Å². The van der Waals surface area contributed by atoms with Crippen LogP contribution in [0.25, 0.3) is 0 Å². The van der Waals surface area contributed by atoms with E-state index in [2.05, 4.69) is 30.9 Å². The molecule has 1 aromatic carbocycles. The van der Waals surface area contributed by atoms with Gasteiger partial charge in [-0.05, 0) is 43.4 Å². The highest BCUT2D eigenvalue weighted by atomic mass is 16.3. The van der Waals surface area contributed by atoms with Crippen molar-refractivity contribution in [3.8, 4) is 0 Å². The summed E-state index contributed by atoms with van der Waals surface area (Å²) in [6.07, 6.45) is 1.05. The number of likely N-dealkylation sites (tertiary alicyclic amines) is 1. The lowest BCUT2D eigenvalue weighted by Crippen LogP contribution is -2.38. The molecule has 18 heavy (non-hydrogen) atoms. The highest BCUT2D eigenvalue weighted by molar-refractivity contribution is 5.31. The van der Waals surface area contributed by atoms with Crippen molar-refractivity contribution in [2.24, 2.45) is 0 Å². The van der Waals surface area contributed by atoms with Gasteiger partial charge in [-0.3, -0.25) is 0 Å². The van der Waals surface area contributed by atoms with Gasteiger partial charge in [-0.1, -0.05) is 18.2 Å². The molecule has 100 valence electrons. The monoisotopic (exact) mass is 249 g/mol. The number of hydrogen-bond acceptors (Lipinski definition) is 3. The topological polar surface area (TPSA) is 43.7 Å². The van der Waals surface area contributed by atoms with Gasteiger partial charge in [0, 0.05) is 19.6 Å². The molecule has 3 nitrogen and oxygen atoms in total. The van der Waals surface area contributed by atoms with Crippen molar-refractivity contribution in [3.63, 3.8) is 0 Å². The van der Waals surface area contributed by atoms with Crippen molar-refractivity contribution in [2.45, 2.75) is 38.9 Å². The smallest absolute Gasteiger partial charge is 0.0917 e. The Hall–Kier alpha value is -0.900. The van der Waals surface area contributed by atoms with Crippen molar-refractivity contribution < 1.29 is 10.2 Å². The number of aliphatic hydroxyl groups is 2. The van der Waals surface area contributed by atoms with E-state index in [1.165, 1.54) is 11.1 Å². The summed E-state index contributed by atoms with van der Waals surface area (Å²) in [6, 6.07) is 6.14. The summed E-state index contributed by atoms with van der Waals surface area (Å²) in [6.45, 7) is 6.57. The van der Waals surface area contributed by atoms with E-state index in [1.807, 2.05) is 6.07 Å². The van der Waals surface area contributed by atoms with Crippen LogP contribution in [0.15, 0.2) is 18.2 Å². The van der Waals surface area contributed by atoms with Crippen LogP contribution in [-0.2, 0) is 0 Å². The zero-order valence-electron chi connectivity index (χ0n) is 11.3. The second kappa shape index (κ2) is 5.83. The van der Waals surface area contributed by atoms with E-state index in [1.54, 1.807) is 0 Å². The zero-order chi connectivity index (χ0) is 13.1. The molecule has 0 radical (unpaired) electrons. The minimum atomic E-state index is -0.431. The summed E-state index contributed by atoms with van der Waals surface area (Å²) >= 11 is 0. The van der Waals surface area contributed by atoms with Crippen LogP contribution in [0.1, 0.15) is 35.6 Å². The Morgan fingerprint density at radius 2 is 1.89 bits per heavy atom. The molecule has 0 saturated carbocycles. The number of aliphatic hydroxyl groups excluding tert-OH is 2. The predicted octanol–water partition coefficient (Wildman–Crippen LogP) is 1.79. The molecular formula is C15H23NO2.